The van der Waals surface area contributed by atoms with Crippen LogP contribution in [0.15, 0.2) is 60.0 Å². The molecule has 0 spiro atoms. The van der Waals surface area contributed by atoms with E-state index in [1.54, 1.807) is 9.80 Å². The van der Waals surface area contributed by atoms with Gasteiger partial charge in [-0.2, -0.15) is 11.8 Å². The molecule has 3 heterocycles. The number of hydrogen-bond acceptors (Lipinski definition) is 7. The number of halogens is 2. The predicted molar refractivity (Wildman–Crippen MR) is 140 cm³/mol. The molecule has 5 rings (SSSR count). The fourth-order valence-corrected chi connectivity index (χ4v) is 5.75. The van der Waals surface area contributed by atoms with Gasteiger partial charge < -0.3 is 24.6 Å². The van der Waals surface area contributed by atoms with E-state index in [0.717, 1.165) is 17.7 Å². The van der Waals surface area contributed by atoms with Crippen molar-refractivity contribution in [1.29, 1.82) is 0 Å². The van der Waals surface area contributed by atoms with Gasteiger partial charge in [0.2, 0.25) is 11.7 Å². The summed E-state index contributed by atoms with van der Waals surface area (Å²) in [6.07, 6.45) is 1.56. The van der Waals surface area contributed by atoms with Crippen LogP contribution in [0.4, 0.5) is 8.78 Å². The number of carbonyl (C=O) groups is 3. The van der Waals surface area contributed by atoms with Crippen LogP contribution in [0.1, 0.15) is 17.5 Å². The van der Waals surface area contributed by atoms with E-state index >= 15 is 0 Å². The molecule has 0 aliphatic carbocycles. The van der Waals surface area contributed by atoms with E-state index in [-0.39, 0.29) is 55.6 Å². The van der Waals surface area contributed by atoms with Gasteiger partial charge in [0.05, 0.1) is 13.2 Å². The third-order valence-electron chi connectivity index (χ3n) is 7.31. The van der Waals surface area contributed by atoms with Crippen LogP contribution in [0, 0.1) is 17.0 Å². The number of ketones is 1. The summed E-state index contributed by atoms with van der Waals surface area (Å²) in [7, 11) is 0. The van der Waals surface area contributed by atoms with Gasteiger partial charge in [-0.05, 0) is 30.1 Å². The van der Waals surface area contributed by atoms with E-state index in [4.69, 9.17) is 9.47 Å². The lowest BCUT2D eigenvalue weighted by Gasteiger charge is -2.47. The Kier molecular flexibility index (Phi) is 7.90. The van der Waals surface area contributed by atoms with Crippen molar-refractivity contribution in [3.8, 4) is 0 Å². The van der Waals surface area contributed by atoms with E-state index in [1.807, 2.05) is 36.6 Å². The summed E-state index contributed by atoms with van der Waals surface area (Å²) in [4.78, 5) is 44.9. The van der Waals surface area contributed by atoms with E-state index in [1.165, 1.54) is 17.8 Å². The van der Waals surface area contributed by atoms with Gasteiger partial charge in [-0.15, -0.1) is 0 Å². The minimum atomic E-state index is -1.59. The van der Waals surface area contributed by atoms with Crippen molar-refractivity contribution in [2.75, 3.05) is 38.2 Å². The Morgan fingerprint density at radius 2 is 2.00 bits per heavy atom. The van der Waals surface area contributed by atoms with Crippen LogP contribution in [0.25, 0.3) is 0 Å². The number of carbonyl (C=O) groups excluding carboxylic acids is 3. The highest BCUT2D eigenvalue weighted by Gasteiger charge is 2.56. The van der Waals surface area contributed by atoms with E-state index in [0.29, 0.717) is 18.9 Å². The molecule has 2 aromatic carbocycles. The second-order valence-electron chi connectivity index (χ2n) is 9.73. The number of benzene rings is 2. The standard InChI is InChI=1S/C28H29F2N3O5S/c1-39-12-9-28(27(36)31-14-19-7-8-20(29)13-21(19)30)17-32-15-22-33(10-11-37-22)26(35)23(32)24(25(28)34)38-16-18-5-3-2-4-6-18/h2-8,13,22H,9-12,14-17H2,1H3,(H,31,36)/t22-,28?/m1/s1. The fraction of sp³-hybridized carbons (Fsp3) is 0.393. The number of amides is 2. The quantitative estimate of drug-likeness (QED) is 0.475. The van der Waals surface area contributed by atoms with Crippen LogP contribution < -0.4 is 5.32 Å². The van der Waals surface area contributed by atoms with Crippen LogP contribution in [-0.4, -0.2) is 71.9 Å². The van der Waals surface area contributed by atoms with E-state index < -0.39 is 35.0 Å². The summed E-state index contributed by atoms with van der Waals surface area (Å²) in [5.74, 6) is -2.73. The first kappa shape index (κ1) is 27.1. The zero-order valence-corrected chi connectivity index (χ0v) is 22.3. The first-order chi connectivity index (χ1) is 18.8. The second kappa shape index (κ2) is 11.4. The molecule has 3 aliphatic rings. The largest absolute Gasteiger partial charge is 0.483 e. The second-order valence-corrected chi connectivity index (χ2v) is 10.7. The molecule has 0 saturated carbocycles. The number of nitrogens with zero attached hydrogens (tertiary/aromatic N) is 2. The summed E-state index contributed by atoms with van der Waals surface area (Å²) in [6, 6.07) is 12.3. The summed E-state index contributed by atoms with van der Waals surface area (Å²) in [5, 5.41) is 2.69. The third kappa shape index (κ3) is 5.25. The van der Waals surface area contributed by atoms with Gasteiger partial charge in [-0.1, -0.05) is 36.4 Å². The highest BCUT2D eigenvalue weighted by atomic mass is 32.2. The van der Waals surface area contributed by atoms with Gasteiger partial charge in [0, 0.05) is 31.3 Å². The summed E-state index contributed by atoms with van der Waals surface area (Å²) in [6.45, 7) is 0.835. The molecule has 206 valence electrons. The van der Waals surface area contributed by atoms with Gasteiger partial charge in [-0.25, -0.2) is 8.78 Å². The number of allylic oxidation sites excluding steroid dienone is 1. The molecule has 2 saturated heterocycles. The lowest BCUT2D eigenvalue weighted by atomic mass is 9.75. The molecular weight excluding hydrogens is 528 g/mol. The zero-order valence-electron chi connectivity index (χ0n) is 21.5. The molecule has 1 N–H and O–H groups in total. The minimum Gasteiger partial charge on any atom is -0.483 e. The van der Waals surface area contributed by atoms with Crippen molar-refractivity contribution in [3.05, 3.63) is 82.7 Å². The maximum Gasteiger partial charge on any atom is 0.276 e. The predicted octanol–water partition coefficient (Wildman–Crippen LogP) is 2.83. The molecule has 2 atom stereocenters. The summed E-state index contributed by atoms with van der Waals surface area (Å²) < 4.78 is 39.5. The third-order valence-corrected chi connectivity index (χ3v) is 7.92. The van der Waals surface area contributed by atoms with Crippen LogP contribution in [-0.2, 0) is 37.0 Å². The Bertz CT molecular complexity index is 1310. The first-order valence-corrected chi connectivity index (χ1v) is 14.1. The molecule has 39 heavy (non-hydrogen) atoms. The Labute approximate surface area is 229 Å². The zero-order chi connectivity index (χ0) is 27.6. The van der Waals surface area contributed by atoms with Crippen molar-refractivity contribution in [2.45, 2.75) is 25.8 Å². The highest BCUT2D eigenvalue weighted by molar-refractivity contribution is 7.98. The van der Waals surface area contributed by atoms with Gasteiger partial charge in [0.15, 0.2) is 5.76 Å². The number of ether oxygens (including phenoxy) is 2. The molecule has 2 fully saturated rings. The van der Waals surface area contributed by atoms with E-state index in [2.05, 4.69) is 5.32 Å². The maximum absolute atomic E-state index is 14.3. The van der Waals surface area contributed by atoms with Gasteiger partial charge in [0.1, 0.15) is 35.6 Å². The normalized spacial score (nSPS) is 22.6. The first-order valence-electron chi connectivity index (χ1n) is 12.7. The summed E-state index contributed by atoms with van der Waals surface area (Å²) in [5.41, 5.74) is -0.564. The number of hydrogen-bond donors (Lipinski definition) is 1. The SMILES string of the molecule is CSCCC1(C(=O)NCc2ccc(F)cc2F)CN2C[C@H]3OCCN3C(=O)C2=C(OCc2ccccc2)C1=O. The molecule has 2 aromatic rings. The molecule has 3 aliphatic heterocycles. The average Bonchev–Trinajstić information content (AvgIpc) is 3.41. The molecule has 0 radical (unpaired) electrons. The lowest BCUT2D eigenvalue weighted by Crippen LogP contribution is -2.63. The number of nitrogens with one attached hydrogen (secondary N) is 1. The van der Waals surface area contributed by atoms with Gasteiger partial charge in [-0.3, -0.25) is 14.4 Å². The van der Waals surface area contributed by atoms with Crippen molar-refractivity contribution >= 4 is 29.4 Å². The Morgan fingerprint density at radius 1 is 1.21 bits per heavy atom. The summed E-state index contributed by atoms with van der Waals surface area (Å²) >= 11 is 1.48. The molecule has 0 aromatic heterocycles. The lowest BCUT2D eigenvalue weighted by molar-refractivity contribution is -0.153. The number of thioether (sulfide) groups is 1. The maximum atomic E-state index is 14.3. The molecule has 11 heteroatoms. The van der Waals surface area contributed by atoms with Crippen LogP contribution in [0.3, 0.4) is 0 Å². The highest BCUT2D eigenvalue weighted by Crippen LogP contribution is 2.41. The van der Waals surface area contributed by atoms with Crippen LogP contribution >= 0.6 is 11.8 Å². The monoisotopic (exact) mass is 557 g/mol. The van der Waals surface area contributed by atoms with Crippen LogP contribution in [0.2, 0.25) is 0 Å². The number of Topliss-reactive ketones (excluding diaryl/α,β-unsaturated/α-hetero) is 1. The van der Waals surface area contributed by atoms with Crippen molar-refractivity contribution in [2.24, 2.45) is 5.41 Å². The number of fused-ring (bicyclic) bond motifs is 2. The Balaban J connectivity index is 1.50. The van der Waals surface area contributed by atoms with Crippen molar-refractivity contribution in [1.82, 2.24) is 15.1 Å². The minimum absolute atomic E-state index is 0.0352. The van der Waals surface area contributed by atoms with Gasteiger partial charge >= 0.3 is 0 Å². The molecule has 0 bridgehead atoms. The molecule has 8 nitrogen and oxygen atoms in total. The van der Waals surface area contributed by atoms with Crippen LogP contribution in [0.5, 0.6) is 0 Å². The molecule has 2 amide bonds. The Morgan fingerprint density at radius 3 is 2.74 bits per heavy atom. The Hall–Kier alpha value is -3.44. The average molecular weight is 558 g/mol. The number of piperazine rings is 1. The fourth-order valence-electron chi connectivity index (χ4n) is 5.19. The molecule has 1 unspecified atom stereocenters. The topological polar surface area (TPSA) is 88.2 Å². The van der Waals surface area contributed by atoms with Crippen molar-refractivity contribution < 1.29 is 32.6 Å². The molecular formula is C28H29F2N3O5S. The number of rotatable bonds is 9. The van der Waals surface area contributed by atoms with Crippen molar-refractivity contribution in [3.63, 3.8) is 0 Å². The van der Waals surface area contributed by atoms with Gasteiger partial charge in [0.25, 0.3) is 5.91 Å². The smallest absolute Gasteiger partial charge is 0.276 e. The van der Waals surface area contributed by atoms with E-state index in [9.17, 15) is 23.2 Å².